The van der Waals surface area contributed by atoms with E-state index in [0.717, 1.165) is 35.9 Å². The average Bonchev–Trinajstić information content (AvgIpc) is 2.20. The summed E-state index contributed by atoms with van der Waals surface area (Å²) in [4.78, 5) is 4.40. The van der Waals surface area contributed by atoms with E-state index in [1.165, 1.54) is 0 Å². The fourth-order valence-electron chi connectivity index (χ4n) is 1.45. The van der Waals surface area contributed by atoms with Crippen molar-refractivity contribution in [3.05, 3.63) is 28.8 Å². The standard InChI is InChI=1S/C12H20ClN3/c1-15(2)6-7-16(3)9-10-8-11(13)4-5-12(10)14/h4-5,8H,6-7,9,14H2,1-3H3. The predicted molar refractivity (Wildman–Crippen MR) is 70.8 cm³/mol. The van der Waals surface area contributed by atoms with Crippen LogP contribution in [0.1, 0.15) is 5.56 Å². The third-order valence-corrected chi connectivity index (χ3v) is 2.71. The van der Waals surface area contributed by atoms with Gasteiger partial charge in [0, 0.05) is 30.3 Å². The zero-order valence-electron chi connectivity index (χ0n) is 10.2. The normalized spacial score (nSPS) is 11.4. The zero-order chi connectivity index (χ0) is 12.1. The molecule has 90 valence electrons. The Morgan fingerprint density at radius 1 is 1.19 bits per heavy atom. The number of likely N-dealkylation sites (N-methyl/N-ethyl adjacent to an activating group) is 2. The average molecular weight is 242 g/mol. The molecule has 2 N–H and O–H groups in total. The Hall–Kier alpha value is -0.770. The fourth-order valence-corrected chi connectivity index (χ4v) is 1.65. The van der Waals surface area contributed by atoms with Gasteiger partial charge in [-0.3, -0.25) is 0 Å². The number of halogens is 1. The minimum Gasteiger partial charge on any atom is -0.398 e. The summed E-state index contributed by atoms with van der Waals surface area (Å²) in [5.74, 6) is 0. The second kappa shape index (κ2) is 6.09. The van der Waals surface area contributed by atoms with Crippen molar-refractivity contribution in [2.45, 2.75) is 6.54 Å². The molecule has 0 aliphatic heterocycles. The van der Waals surface area contributed by atoms with E-state index in [1.807, 2.05) is 18.2 Å². The molecule has 0 aliphatic carbocycles. The maximum absolute atomic E-state index is 5.95. The first-order chi connectivity index (χ1) is 7.49. The lowest BCUT2D eigenvalue weighted by Crippen LogP contribution is -2.28. The summed E-state index contributed by atoms with van der Waals surface area (Å²) in [5, 5.41) is 0.741. The summed E-state index contributed by atoms with van der Waals surface area (Å²) >= 11 is 5.95. The van der Waals surface area contributed by atoms with Gasteiger partial charge in [-0.25, -0.2) is 0 Å². The van der Waals surface area contributed by atoms with Crippen molar-refractivity contribution < 1.29 is 0 Å². The third kappa shape index (κ3) is 4.39. The number of nitrogens with two attached hydrogens (primary N) is 1. The maximum Gasteiger partial charge on any atom is 0.0410 e. The number of anilines is 1. The van der Waals surface area contributed by atoms with Crippen molar-refractivity contribution in [1.29, 1.82) is 0 Å². The molecule has 4 heteroatoms. The number of rotatable bonds is 5. The van der Waals surface area contributed by atoms with E-state index < -0.39 is 0 Å². The summed E-state index contributed by atoms with van der Waals surface area (Å²) < 4.78 is 0. The largest absolute Gasteiger partial charge is 0.398 e. The van der Waals surface area contributed by atoms with E-state index in [4.69, 9.17) is 17.3 Å². The number of hydrogen-bond donors (Lipinski definition) is 1. The van der Waals surface area contributed by atoms with Crippen molar-refractivity contribution in [2.24, 2.45) is 0 Å². The van der Waals surface area contributed by atoms with Crippen LogP contribution in [0.2, 0.25) is 5.02 Å². The molecule has 1 aromatic carbocycles. The van der Waals surface area contributed by atoms with Crippen molar-refractivity contribution in [1.82, 2.24) is 9.80 Å². The van der Waals surface area contributed by atoms with Crippen molar-refractivity contribution in [2.75, 3.05) is 40.0 Å². The van der Waals surface area contributed by atoms with Crippen molar-refractivity contribution >= 4 is 17.3 Å². The van der Waals surface area contributed by atoms with Crippen LogP contribution in [-0.4, -0.2) is 44.0 Å². The van der Waals surface area contributed by atoms with E-state index in [1.54, 1.807) is 0 Å². The van der Waals surface area contributed by atoms with Gasteiger partial charge in [-0.15, -0.1) is 0 Å². The molecule has 3 nitrogen and oxygen atoms in total. The highest BCUT2D eigenvalue weighted by atomic mass is 35.5. The van der Waals surface area contributed by atoms with E-state index in [-0.39, 0.29) is 0 Å². The van der Waals surface area contributed by atoms with Crippen LogP contribution in [0.25, 0.3) is 0 Å². The minimum atomic E-state index is 0.741. The van der Waals surface area contributed by atoms with Gasteiger partial charge in [0.05, 0.1) is 0 Å². The molecule has 0 fully saturated rings. The van der Waals surface area contributed by atoms with Gasteiger partial charge in [0.1, 0.15) is 0 Å². The molecule has 0 spiro atoms. The summed E-state index contributed by atoms with van der Waals surface area (Å²) in [6.45, 7) is 2.89. The van der Waals surface area contributed by atoms with Gasteiger partial charge >= 0.3 is 0 Å². The summed E-state index contributed by atoms with van der Waals surface area (Å²) in [5.41, 5.74) is 7.80. The van der Waals surface area contributed by atoms with Crippen molar-refractivity contribution in [3.8, 4) is 0 Å². The molecular weight excluding hydrogens is 222 g/mol. The van der Waals surface area contributed by atoms with Crippen LogP contribution < -0.4 is 5.73 Å². The molecule has 0 bridgehead atoms. The van der Waals surface area contributed by atoms with Crippen LogP contribution in [0.5, 0.6) is 0 Å². The quantitative estimate of drug-likeness (QED) is 0.800. The highest BCUT2D eigenvalue weighted by molar-refractivity contribution is 6.30. The molecule has 0 aromatic heterocycles. The fraction of sp³-hybridized carbons (Fsp3) is 0.500. The molecule has 0 atom stereocenters. The van der Waals surface area contributed by atoms with E-state index >= 15 is 0 Å². The van der Waals surface area contributed by atoms with Crippen LogP contribution in [0.15, 0.2) is 18.2 Å². The Morgan fingerprint density at radius 3 is 2.50 bits per heavy atom. The van der Waals surface area contributed by atoms with Crippen LogP contribution in [0, 0.1) is 0 Å². The van der Waals surface area contributed by atoms with Gasteiger partial charge in [0.2, 0.25) is 0 Å². The lowest BCUT2D eigenvalue weighted by molar-refractivity contribution is 0.276. The van der Waals surface area contributed by atoms with Gasteiger partial charge in [0.15, 0.2) is 0 Å². The molecule has 0 saturated carbocycles. The van der Waals surface area contributed by atoms with Gasteiger partial charge in [-0.1, -0.05) is 11.6 Å². The number of benzene rings is 1. The van der Waals surface area contributed by atoms with Crippen molar-refractivity contribution in [3.63, 3.8) is 0 Å². The summed E-state index contributed by atoms with van der Waals surface area (Å²) in [7, 11) is 6.23. The Labute approximate surface area is 103 Å². The first kappa shape index (κ1) is 13.3. The zero-order valence-corrected chi connectivity index (χ0v) is 11.0. The van der Waals surface area contributed by atoms with Gasteiger partial charge in [0.25, 0.3) is 0 Å². The molecule has 0 amide bonds. The van der Waals surface area contributed by atoms with Gasteiger partial charge < -0.3 is 15.5 Å². The smallest absolute Gasteiger partial charge is 0.0410 e. The molecule has 0 saturated heterocycles. The van der Waals surface area contributed by atoms with E-state index in [2.05, 4.69) is 30.9 Å². The summed E-state index contributed by atoms with van der Waals surface area (Å²) in [6.07, 6.45) is 0. The minimum absolute atomic E-state index is 0.741. The number of nitrogen functional groups attached to an aromatic ring is 1. The molecule has 0 heterocycles. The molecule has 1 aromatic rings. The maximum atomic E-state index is 5.95. The molecule has 0 unspecified atom stereocenters. The lowest BCUT2D eigenvalue weighted by atomic mass is 10.1. The van der Waals surface area contributed by atoms with Crippen LogP contribution >= 0.6 is 11.6 Å². The van der Waals surface area contributed by atoms with Crippen LogP contribution in [0.3, 0.4) is 0 Å². The monoisotopic (exact) mass is 241 g/mol. The Balaban J connectivity index is 2.55. The first-order valence-electron chi connectivity index (χ1n) is 5.36. The molecule has 1 rings (SSSR count). The molecular formula is C12H20ClN3. The predicted octanol–water partition coefficient (Wildman–Crippen LogP) is 1.92. The molecule has 16 heavy (non-hydrogen) atoms. The Kier molecular flexibility index (Phi) is 5.06. The van der Waals surface area contributed by atoms with E-state index in [9.17, 15) is 0 Å². The van der Waals surface area contributed by atoms with Crippen LogP contribution in [0.4, 0.5) is 5.69 Å². The second-order valence-electron chi connectivity index (χ2n) is 4.38. The topological polar surface area (TPSA) is 32.5 Å². The SMILES string of the molecule is CN(C)CCN(C)Cc1cc(Cl)ccc1N. The van der Waals surface area contributed by atoms with E-state index in [0.29, 0.717) is 0 Å². The van der Waals surface area contributed by atoms with Crippen LogP contribution in [-0.2, 0) is 6.54 Å². The second-order valence-corrected chi connectivity index (χ2v) is 4.82. The first-order valence-corrected chi connectivity index (χ1v) is 5.74. The van der Waals surface area contributed by atoms with Gasteiger partial charge in [-0.2, -0.15) is 0 Å². The highest BCUT2D eigenvalue weighted by Crippen LogP contribution is 2.18. The number of nitrogens with zero attached hydrogens (tertiary/aromatic N) is 2. The highest BCUT2D eigenvalue weighted by Gasteiger charge is 2.04. The third-order valence-electron chi connectivity index (χ3n) is 2.47. The Bertz CT molecular complexity index is 339. The molecule has 0 aliphatic rings. The Morgan fingerprint density at radius 2 is 1.88 bits per heavy atom. The van der Waals surface area contributed by atoms with Gasteiger partial charge in [-0.05, 0) is 44.9 Å². The lowest BCUT2D eigenvalue weighted by Gasteiger charge is -2.20. The molecule has 0 radical (unpaired) electrons. The number of hydrogen-bond acceptors (Lipinski definition) is 3. The summed E-state index contributed by atoms with van der Waals surface area (Å²) in [6, 6.07) is 5.61.